The SMILES string of the molecule is CCCO/C=C\C(=C/C=[NH2+])OCCOC(=O)CCc1scnc1C. The van der Waals surface area contributed by atoms with E-state index in [-0.39, 0.29) is 19.2 Å². The molecule has 0 saturated carbocycles. The van der Waals surface area contributed by atoms with E-state index in [2.05, 4.69) is 4.98 Å². The van der Waals surface area contributed by atoms with Crippen LogP contribution in [0.1, 0.15) is 30.3 Å². The van der Waals surface area contributed by atoms with Crippen molar-refractivity contribution < 1.29 is 24.4 Å². The van der Waals surface area contributed by atoms with Crippen LogP contribution in [0.2, 0.25) is 0 Å². The predicted octanol–water partition coefficient (Wildman–Crippen LogP) is 1.60. The molecule has 0 bridgehead atoms. The summed E-state index contributed by atoms with van der Waals surface area (Å²) in [5.74, 6) is 0.300. The van der Waals surface area contributed by atoms with Crippen molar-refractivity contribution in [3.8, 4) is 0 Å². The van der Waals surface area contributed by atoms with E-state index in [9.17, 15) is 4.79 Å². The molecule has 0 amide bonds. The van der Waals surface area contributed by atoms with E-state index < -0.39 is 0 Å². The van der Waals surface area contributed by atoms with Gasteiger partial charge in [-0.25, -0.2) is 4.98 Å². The number of ether oxygens (including phenoxy) is 3. The fraction of sp³-hybridized carbons (Fsp3) is 0.471. The average Bonchev–Trinajstić information content (AvgIpc) is 2.98. The number of carbonyl (C=O) groups is 1. The Morgan fingerprint density at radius 3 is 2.79 bits per heavy atom. The predicted molar refractivity (Wildman–Crippen MR) is 93.5 cm³/mol. The lowest BCUT2D eigenvalue weighted by Crippen LogP contribution is -2.28. The largest absolute Gasteiger partial charge is 0.501 e. The maximum Gasteiger partial charge on any atom is 0.306 e. The number of hydrogen-bond acceptors (Lipinski definition) is 6. The standard InChI is InChI=1S/C17H24N2O4S/c1-3-9-21-10-7-15(6-8-18)22-11-12-23-17(20)5-4-16-14(2)19-13-24-16/h6-8,10,13,18H,3-5,9,11-12H2,1-2H3/p+1/b10-7-,15-6+,18-8?. The smallest absolute Gasteiger partial charge is 0.306 e. The second kappa shape index (κ2) is 12.3. The Morgan fingerprint density at radius 1 is 1.33 bits per heavy atom. The molecule has 0 aliphatic carbocycles. The summed E-state index contributed by atoms with van der Waals surface area (Å²) in [5, 5.41) is 5.36. The molecule has 0 aliphatic heterocycles. The molecule has 132 valence electrons. The van der Waals surface area contributed by atoms with Crippen LogP contribution in [0.3, 0.4) is 0 Å². The van der Waals surface area contributed by atoms with Gasteiger partial charge in [-0.1, -0.05) is 6.92 Å². The van der Waals surface area contributed by atoms with Crippen LogP contribution < -0.4 is 5.41 Å². The zero-order valence-corrected chi connectivity index (χ0v) is 15.0. The van der Waals surface area contributed by atoms with Crippen molar-refractivity contribution in [2.24, 2.45) is 0 Å². The highest BCUT2D eigenvalue weighted by Crippen LogP contribution is 2.14. The Labute approximate surface area is 146 Å². The molecule has 1 rings (SSSR count). The molecule has 0 unspecified atom stereocenters. The minimum absolute atomic E-state index is 0.187. The van der Waals surface area contributed by atoms with E-state index in [1.165, 1.54) is 6.21 Å². The molecule has 0 aromatic carbocycles. The lowest BCUT2D eigenvalue weighted by molar-refractivity contribution is -0.144. The van der Waals surface area contributed by atoms with Gasteiger partial charge in [-0.15, -0.1) is 11.3 Å². The van der Waals surface area contributed by atoms with Gasteiger partial charge in [0.15, 0.2) is 6.21 Å². The number of allylic oxidation sites excluding steroid dienone is 2. The number of hydrogen-bond donors (Lipinski definition) is 1. The molecular formula is C17H25N2O4S+. The Hall–Kier alpha value is -2.15. The minimum atomic E-state index is -0.246. The van der Waals surface area contributed by atoms with Crippen molar-refractivity contribution in [3.63, 3.8) is 0 Å². The number of nitrogens with zero attached hydrogens (tertiary/aromatic N) is 1. The fourth-order valence-electron chi connectivity index (χ4n) is 1.72. The average molecular weight is 353 g/mol. The maximum atomic E-state index is 11.7. The number of aryl methyl sites for hydroxylation is 2. The third-order valence-corrected chi connectivity index (χ3v) is 3.92. The van der Waals surface area contributed by atoms with E-state index in [0.29, 0.717) is 25.2 Å². The first-order chi connectivity index (χ1) is 11.7. The highest BCUT2D eigenvalue weighted by Gasteiger charge is 2.07. The Kier molecular flexibility index (Phi) is 10.2. The van der Waals surface area contributed by atoms with Crippen LogP contribution >= 0.6 is 11.3 Å². The van der Waals surface area contributed by atoms with Crippen LogP contribution in [-0.4, -0.2) is 37.0 Å². The quantitative estimate of drug-likeness (QED) is 0.203. The van der Waals surface area contributed by atoms with Gasteiger partial charge >= 0.3 is 5.97 Å². The molecule has 2 N–H and O–H groups in total. The maximum absolute atomic E-state index is 11.7. The summed E-state index contributed by atoms with van der Waals surface area (Å²) in [6.07, 6.45) is 8.15. The lowest BCUT2D eigenvalue weighted by Gasteiger charge is -2.07. The highest BCUT2D eigenvalue weighted by molar-refractivity contribution is 7.09. The zero-order chi connectivity index (χ0) is 17.6. The van der Waals surface area contributed by atoms with E-state index in [0.717, 1.165) is 17.0 Å². The number of thiazole rings is 1. The van der Waals surface area contributed by atoms with Crippen molar-refractivity contribution in [3.05, 3.63) is 40.3 Å². The number of rotatable bonds is 12. The molecule has 0 atom stereocenters. The van der Waals surface area contributed by atoms with Gasteiger partial charge in [0.25, 0.3) is 0 Å². The van der Waals surface area contributed by atoms with Crippen molar-refractivity contribution in [2.75, 3.05) is 19.8 Å². The van der Waals surface area contributed by atoms with E-state index in [4.69, 9.17) is 19.6 Å². The summed E-state index contributed by atoms with van der Waals surface area (Å²) in [6, 6.07) is 0. The molecule has 0 spiro atoms. The second-order valence-electron chi connectivity index (χ2n) is 4.86. The van der Waals surface area contributed by atoms with Gasteiger partial charge in [0.05, 0.1) is 30.5 Å². The minimum Gasteiger partial charge on any atom is -0.501 e. The normalized spacial score (nSPS) is 11.5. The highest BCUT2D eigenvalue weighted by atomic mass is 32.1. The van der Waals surface area contributed by atoms with Gasteiger partial charge in [-0.2, -0.15) is 0 Å². The first-order valence-electron chi connectivity index (χ1n) is 7.88. The van der Waals surface area contributed by atoms with Gasteiger partial charge < -0.3 is 14.2 Å². The first kappa shape index (κ1) is 19.9. The summed E-state index contributed by atoms with van der Waals surface area (Å²) >= 11 is 1.55. The Bertz CT molecular complexity index is 567. The third kappa shape index (κ3) is 8.47. The lowest BCUT2D eigenvalue weighted by atomic mass is 10.2. The summed E-state index contributed by atoms with van der Waals surface area (Å²) in [4.78, 5) is 17.0. The molecule has 0 radical (unpaired) electrons. The second-order valence-corrected chi connectivity index (χ2v) is 5.80. The molecule has 0 saturated heterocycles. The van der Waals surface area contributed by atoms with E-state index >= 15 is 0 Å². The van der Waals surface area contributed by atoms with Gasteiger partial charge in [0.1, 0.15) is 19.0 Å². The molecular weight excluding hydrogens is 328 g/mol. The van der Waals surface area contributed by atoms with Crippen molar-refractivity contribution in [2.45, 2.75) is 33.1 Å². The molecule has 6 nitrogen and oxygen atoms in total. The summed E-state index contributed by atoms with van der Waals surface area (Å²) < 4.78 is 15.9. The Morgan fingerprint density at radius 2 is 2.12 bits per heavy atom. The molecule has 24 heavy (non-hydrogen) atoms. The van der Waals surface area contributed by atoms with Crippen LogP contribution in [0.25, 0.3) is 0 Å². The summed E-state index contributed by atoms with van der Waals surface area (Å²) in [6.45, 7) is 5.05. The molecule has 0 fully saturated rings. The fourth-order valence-corrected chi connectivity index (χ4v) is 2.50. The number of nitrogens with two attached hydrogens (primary N) is 1. The van der Waals surface area contributed by atoms with Crippen LogP contribution in [-0.2, 0) is 25.4 Å². The van der Waals surface area contributed by atoms with Gasteiger partial charge in [0, 0.05) is 17.0 Å². The molecule has 1 heterocycles. The van der Waals surface area contributed by atoms with Crippen LogP contribution in [0, 0.1) is 6.92 Å². The van der Waals surface area contributed by atoms with Crippen LogP contribution in [0.5, 0.6) is 0 Å². The van der Waals surface area contributed by atoms with Crippen LogP contribution in [0.4, 0.5) is 0 Å². The molecule has 1 aromatic heterocycles. The first-order valence-corrected chi connectivity index (χ1v) is 8.76. The van der Waals surface area contributed by atoms with Crippen molar-refractivity contribution >= 4 is 23.5 Å². The van der Waals surface area contributed by atoms with Gasteiger partial charge in [0.2, 0.25) is 0 Å². The van der Waals surface area contributed by atoms with Gasteiger partial charge in [-0.05, 0) is 19.8 Å². The molecule has 7 heteroatoms. The van der Waals surface area contributed by atoms with E-state index in [1.807, 2.05) is 13.8 Å². The van der Waals surface area contributed by atoms with Crippen LogP contribution in [0.15, 0.2) is 29.7 Å². The number of carbonyl (C=O) groups excluding carboxylic acids is 1. The monoisotopic (exact) mass is 353 g/mol. The topological polar surface area (TPSA) is 83.2 Å². The van der Waals surface area contributed by atoms with E-state index in [1.54, 1.807) is 35.3 Å². The zero-order valence-electron chi connectivity index (χ0n) is 14.2. The Balaban J connectivity index is 2.21. The van der Waals surface area contributed by atoms with Crippen molar-refractivity contribution in [1.82, 2.24) is 4.98 Å². The summed E-state index contributed by atoms with van der Waals surface area (Å²) in [7, 11) is 0. The van der Waals surface area contributed by atoms with Gasteiger partial charge in [-0.3, -0.25) is 10.2 Å². The summed E-state index contributed by atoms with van der Waals surface area (Å²) in [5.41, 5.74) is 2.75. The molecule has 1 aromatic rings. The third-order valence-electron chi connectivity index (χ3n) is 2.93. The molecule has 0 aliphatic rings. The number of esters is 1. The van der Waals surface area contributed by atoms with Crippen molar-refractivity contribution in [1.29, 1.82) is 0 Å². The number of aromatic nitrogens is 1.